The van der Waals surface area contributed by atoms with Crippen molar-refractivity contribution < 1.29 is 4.79 Å². The summed E-state index contributed by atoms with van der Waals surface area (Å²) in [6.45, 7) is 4.12. The van der Waals surface area contributed by atoms with Gasteiger partial charge in [-0.25, -0.2) is 0 Å². The number of nitrogens with one attached hydrogen (secondary N) is 1. The van der Waals surface area contributed by atoms with Gasteiger partial charge in [0.05, 0.1) is 0 Å². The normalized spacial score (nSPS) is 29.4. The molecule has 2 saturated carbocycles. The molecular weight excluding hydrogens is 248 g/mol. The molecule has 0 aliphatic heterocycles. The van der Waals surface area contributed by atoms with Crippen LogP contribution in [0, 0.1) is 24.7 Å². The van der Waals surface area contributed by atoms with Gasteiger partial charge in [-0.05, 0) is 74.6 Å². The van der Waals surface area contributed by atoms with Gasteiger partial charge in [-0.1, -0.05) is 6.42 Å². The highest BCUT2D eigenvalue weighted by Crippen LogP contribution is 2.49. The average molecular weight is 272 g/mol. The molecule has 108 valence electrons. The first-order valence-corrected chi connectivity index (χ1v) is 7.71. The van der Waals surface area contributed by atoms with Crippen molar-refractivity contribution in [2.24, 2.45) is 17.8 Å². The molecular formula is C17H24N2O. The molecule has 3 heteroatoms. The first-order valence-electron chi connectivity index (χ1n) is 7.71. The zero-order chi connectivity index (χ0) is 14.3. The van der Waals surface area contributed by atoms with Crippen LogP contribution in [0.3, 0.4) is 0 Å². The summed E-state index contributed by atoms with van der Waals surface area (Å²) in [5.41, 5.74) is 8.18. The number of carbonyl (C=O) groups excluding carboxylic acids is 1. The fraction of sp³-hybridized carbons (Fsp3) is 0.588. The Labute approximate surface area is 120 Å². The van der Waals surface area contributed by atoms with Crippen LogP contribution in [0.5, 0.6) is 0 Å². The maximum absolute atomic E-state index is 12.4. The molecule has 4 atom stereocenters. The molecule has 2 aliphatic rings. The van der Waals surface area contributed by atoms with Crippen LogP contribution in [-0.2, 0) is 0 Å². The zero-order valence-electron chi connectivity index (χ0n) is 12.4. The molecule has 0 heterocycles. The summed E-state index contributed by atoms with van der Waals surface area (Å²) in [4.78, 5) is 12.4. The van der Waals surface area contributed by atoms with Crippen LogP contribution in [0.15, 0.2) is 18.2 Å². The van der Waals surface area contributed by atoms with Crippen LogP contribution in [0.1, 0.15) is 48.5 Å². The predicted octanol–water partition coefficient (Wildman–Crippen LogP) is 3.13. The molecule has 3 nitrogen and oxygen atoms in total. The number of nitrogen functional groups attached to an aromatic ring is 1. The lowest BCUT2D eigenvalue weighted by Gasteiger charge is -2.28. The first-order chi connectivity index (χ1) is 9.52. The summed E-state index contributed by atoms with van der Waals surface area (Å²) < 4.78 is 0. The lowest BCUT2D eigenvalue weighted by molar-refractivity contribution is 0.0915. The van der Waals surface area contributed by atoms with Crippen molar-refractivity contribution >= 4 is 11.6 Å². The quantitative estimate of drug-likeness (QED) is 0.831. The number of carbonyl (C=O) groups is 1. The summed E-state index contributed by atoms with van der Waals surface area (Å²) >= 11 is 0. The summed E-state index contributed by atoms with van der Waals surface area (Å²) in [6, 6.07) is 5.81. The Kier molecular flexibility index (Phi) is 3.45. The van der Waals surface area contributed by atoms with E-state index in [1.165, 1.54) is 25.7 Å². The van der Waals surface area contributed by atoms with Crippen LogP contribution in [0.4, 0.5) is 5.69 Å². The van der Waals surface area contributed by atoms with Gasteiger partial charge in [-0.2, -0.15) is 0 Å². The molecule has 2 bridgehead atoms. The van der Waals surface area contributed by atoms with Crippen molar-refractivity contribution in [3.8, 4) is 0 Å². The fourth-order valence-electron chi connectivity index (χ4n) is 4.25. The highest BCUT2D eigenvalue weighted by molar-refractivity contribution is 5.95. The Hall–Kier alpha value is -1.51. The molecule has 4 unspecified atom stereocenters. The molecule has 1 aromatic carbocycles. The van der Waals surface area contributed by atoms with E-state index in [1.807, 2.05) is 19.1 Å². The summed E-state index contributed by atoms with van der Waals surface area (Å²) in [7, 11) is 0. The molecule has 0 spiro atoms. The smallest absolute Gasteiger partial charge is 0.251 e. The lowest BCUT2D eigenvalue weighted by atomic mass is 9.84. The number of hydrogen-bond acceptors (Lipinski definition) is 2. The minimum Gasteiger partial charge on any atom is -0.399 e. The number of amides is 1. The predicted molar refractivity (Wildman–Crippen MR) is 81.5 cm³/mol. The standard InChI is InChI=1S/C17H24N2O/c1-10-5-14(9-15(18)6-10)17(20)19-11(2)16-8-12-3-4-13(16)7-12/h5-6,9,11-13,16H,3-4,7-8,18H2,1-2H3,(H,19,20). The van der Waals surface area contributed by atoms with E-state index in [-0.39, 0.29) is 11.9 Å². The Morgan fingerprint density at radius 1 is 1.30 bits per heavy atom. The van der Waals surface area contributed by atoms with E-state index in [1.54, 1.807) is 6.07 Å². The van der Waals surface area contributed by atoms with Gasteiger partial charge in [0, 0.05) is 17.3 Å². The van der Waals surface area contributed by atoms with Crippen molar-refractivity contribution in [3.63, 3.8) is 0 Å². The maximum Gasteiger partial charge on any atom is 0.251 e. The second-order valence-electron chi connectivity index (χ2n) is 6.73. The molecule has 2 aliphatic carbocycles. The van der Waals surface area contributed by atoms with E-state index >= 15 is 0 Å². The molecule has 0 radical (unpaired) electrons. The third-order valence-electron chi connectivity index (χ3n) is 5.16. The third-order valence-corrected chi connectivity index (χ3v) is 5.16. The lowest BCUT2D eigenvalue weighted by Crippen LogP contribution is -2.40. The molecule has 20 heavy (non-hydrogen) atoms. The van der Waals surface area contributed by atoms with E-state index in [2.05, 4.69) is 12.2 Å². The van der Waals surface area contributed by atoms with Crippen LogP contribution in [0.25, 0.3) is 0 Å². The number of benzene rings is 1. The first kappa shape index (κ1) is 13.5. The van der Waals surface area contributed by atoms with Gasteiger partial charge in [-0.3, -0.25) is 4.79 Å². The van der Waals surface area contributed by atoms with Gasteiger partial charge in [0.2, 0.25) is 0 Å². The van der Waals surface area contributed by atoms with E-state index in [0.29, 0.717) is 17.2 Å². The van der Waals surface area contributed by atoms with E-state index in [0.717, 1.165) is 17.4 Å². The molecule has 1 aromatic rings. The highest BCUT2D eigenvalue weighted by Gasteiger charge is 2.42. The Balaban J connectivity index is 1.66. The summed E-state index contributed by atoms with van der Waals surface area (Å²) in [5, 5.41) is 3.18. The fourth-order valence-corrected chi connectivity index (χ4v) is 4.25. The Morgan fingerprint density at radius 3 is 2.70 bits per heavy atom. The second kappa shape index (κ2) is 5.12. The second-order valence-corrected chi connectivity index (χ2v) is 6.73. The van der Waals surface area contributed by atoms with Crippen LogP contribution < -0.4 is 11.1 Å². The molecule has 2 fully saturated rings. The van der Waals surface area contributed by atoms with Crippen molar-refractivity contribution in [1.82, 2.24) is 5.32 Å². The van der Waals surface area contributed by atoms with Gasteiger partial charge in [0.15, 0.2) is 0 Å². The topological polar surface area (TPSA) is 55.1 Å². The third kappa shape index (κ3) is 2.54. The summed E-state index contributed by atoms with van der Waals surface area (Å²) in [6.07, 6.45) is 5.42. The number of rotatable bonds is 3. The van der Waals surface area contributed by atoms with Crippen LogP contribution >= 0.6 is 0 Å². The van der Waals surface area contributed by atoms with Crippen molar-refractivity contribution in [2.75, 3.05) is 5.73 Å². The van der Waals surface area contributed by atoms with Crippen molar-refractivity contribution in [1.29, 1.82) is 0 Å². The summed E-state index contributed by atoms with van der Waals surface area (Å²) in [5.74, 6) is 2.42. The van der Waals surface area contributed by atoms with E-state index in [9.17, 15) is 4.79 Å². The molecule has 0 saturated heterocycles. The molecule has 3 N–H and O–H groups in total. The van der Waals surface area contributed by atoms with Gasteiger partial charge < -0.3 is 11.1 Å². The SMILES string of the molecule is Cc1cc(N)cc(C(=O)NC(C)C2CC3CCC2C3)c1. The number of nitrogens with two attached hydrogens (primary N) is 1. The minimum absolute atomic E-state index is 0.00988. The monoisotopic (exact) mass is 272 g/mol. The van der Waals surface area contributed by atoms with Gasteiger partial charge in [0.1, 0.15) is 0 Å². The van der Waals surface area contributed by atoms with E-state index in [4.69, 9.17) is 5.73 Å². The zero-order valence-corrected chi connectivity index (χ0v) is 12.4. The average Bonchev–Trinajstić information content (AvgIpc) is 2.99. The van der Waals surface area contributed by atoms with Crippen molar-refractivity contribution in [3.05, 3.63) is 29.3 Å². The Bertz CT molecular complexity index is 505. The van der Waals surface area contributed by atoms with Gasteiger partial charge in [-0.15, -0.1) is 0 Å². The Morgan fingerprint density at radius 2 is 2.10 bits per heavy atom. The molecule has 0 aromatic heterocycles. The highest BCUT2D eigenvalue weighted by atomic mass is 16.1. The maximum atomic E-state index is 12.4. The number of anilines is 1. The van der Waals surface area contributed by atoms with Gasteiger partial charge in [0.25, 0.3) is 5.91 Å². The van der Waals surface area contributed by atoms with Gasteiger partial charge >= 0.3 is 0 Å². The number of fused-ring (bicyclic) bond motifs is 2. The molecule has 1 amide bonds. The van der Waals surface area contributed by atoms with Crippen LogP contribution in [0.2, 0.25) is 0 Å². The largest absolute Gasteiger partial charge is 0.399 e. The molecule has 3 rings (SSSR count). The van der Waals surface area contributed by atoms with E-state index < -0.39 is 0 Å². The minimum atomic E-state index is 0.00988. The number of hydrogen-bond donors (Lipinski definition) is 2. The number of aryl methyl sites for hydroxylation is 1. The van der Waals surface area contributed by atoms with Crippen molar-refractivity contribution in [2.45, 2.75) is 45.6 Å². The van der Waals surface area contributed by atoms with Crippen LogP contribution in [-0.4, -0.2) is 11.9 Å².